The Morgan fingerprint density at radius 3 is 0.746 bits per heavy atom. The van der Waals surface area contributed by atoms with Gasteiger partial charge in [-0.1, -0.05) is 290 Å². The summed E-state index contributed by atoms with van der Waals surface area (Å²) in [5.74, 6) is -0.842. The number of allylic oxidation sites excluding steroid dienone is 2. The number of esters is 3. The van der Waals surface area contributed by atoms with E-state index in [0.29, 0.717) is 19.3 Å². The Kier molecular flexibility index (Phi) is 55.2. The number of rotatable bonds is 56. The molecule has 0 unspecified atom stereocenters. The maximum absolute atomic E-state index is 12.9. The van der Waals surface area contributed by atoms with Crippen molar-refractivity contribution in [3.05, 3.63) is 12.2 Å². The van der Waals surface area contributed by atoms with Crippen LogP contribution in [0.25, 0.3) is 0 Å². The molecule has 0 aliphatic rings. The van der Waals surface area contributed by atoms with Gasteiger partial charge in [0.1, 0.15) is 13.2 Å². The average Bonchev–Trinajstić information content (AvgIpc) is 3.33. The molecular formula is C61H116O6. The molecule has 0 saturated heterocycles. The van der Waals surface area contributed by atoms with Crippen molar-refractivity contribution in [2.75, 3.05) is 13.2 Å². The van der Waals surface area contributed by atoms with Gasteiger partial charge in [-0.05, 0) is 44.9 Å². The fourth-order valence-corrected chi connectivity index (χ4v) is 9.21. The highest BCUT2D eigenvalue weighted by Crippen LogP contribution is 2.17. The van der Waals surface area contributed by atoms with E-state index in [9.17, 15) is 14.4 Å². The molecule has 0 radical (unpaired) electrons. The van der Waals surface area contributed by atoms with Crippen LogP contribution in [0.4, 0.5) is 0 Å². The predicted molar refractivity (Wildman–Crippen MR) is 289 cm³/mol. The van der Waals surface area contributed by atoms with Crippen LogP contribution in [-0.4, -0.2) is 37.2 Å². The monoisotopic (exact) mass is 945 g/mol. The second-order valence-corrected chi connectivity index (χ2v) is 20.6. The summed E-state index contributed by atoms with van der Waals surface area (Å²) in [6.45, 7) is 6.70. The van der Waals surface area contributed by atoms with Gasteiger partial charge in [-0.3, -0.25) is 14.4 Å². The summed E-state index contributed by atoms with van der Waals surface area (Å²) in [7, 11) is 0. The van der Waals surface area contributed by atoms with Gasteiger partial charge < -0.3 is 14.2 Å². The Labute approximate surface area is 418 Å². The molecule has 0 aliphatic heterocycles. The van der Waals surface area contributed by atoms with E-state index >= 15 is 0 Å². The Balaban J connectivity index is 4.31. The summed E-state index contributed by atoms with van der Waals surface area (Å²) in [6, 6.07) is 0. The summed E-state index contributed by atoms with van der Waals surface area (Å²) < 4.78 is 16.9. The number of ether oxygens (including phenoxy) is 3. The fraction of sp³-hybridized carbons (Fsp3) is 0.918. The number of carbonyl (C=O) groups excluding carboxylic acids is 3. The summed E-state index contributed by atoms with van der Waals surface area (Å²) in [5, 5.41) is 0. The molecule has 0 rings (SSSR count). The third-order valence-electron chi connectivity index (χ3n) is 13.8. The van der Waals surface area contributed by atoms with E-state index in [4.69, 9.17) is 14.2 Å². The highest BCUT2D eigenvalue weighted by atomic mass is 16.6. The topological polar surface area (TPSA) is 78.9 Å². The smallest absolute Gasteiger partial charge is 0.306 e. The molecule has 0 N–H and O–H groups in total. The lowest BCUT2D eigenvalue weighted by Gasteiger charge is -2.18. The van der Waals surface area contributed by atoms with Crippen molar-refractivity contribution >= 4 is 17.9 Å². The van der Waals surface area contributed by atoms with E-state index in [0.717, 1.165) is 57.8 Å². The molecule has 0 spiro atoms. The van der Waals surface area contributed by atoms with Gasteiger partial charge in [0.25, 0.3) is 0 Å². The van der Waals surface area contributed by atoms with Crippen LogP contribution in [-0.2, 0) is 28.6 Å². The second kappa shape index (κ2) is 56.7. The van der Waals surface area contributed by atoms with E-state index in [-0.39, 0.29) is 31.1 Å². The molecule has 0 aromatic rings. The summed E-state index contributed by atoms with van der Waals surface area (Å²) in [4.78, 5) is 38.2. The average molecular weight is 946 g/mol. The van der Waals surface area contributed by atoms with Gasteiger partial charge in [-0.2, -0.15) is 0 Å². The van der Waals surface area contributed by atoms with E-state index in [1.165, 1.54) is 244 Å². The van der Waals surface area contributed by atoms with Crippen LogP contribution in [0.1, 0.15) is 342 Å². The molecule has 6 heteroatoms. The number of hydrogen-bond acceptors (Lipinski definition) is 6. The number of hydrogen-bond donors (Lipinski definition) is 0. The first kappa shape index (κ1) is 65.1. The van der Waals surface area contributed by atoms with Crippen molar-refractivity contribution < 1.29 is 28.6 Å². The molecule has 0 aromatic heterocycles. The SMILES string of the molecule is CCCCCCCCC=CCCCCCCCCCC(=O)OC[C@@H](COC(=O)CCCCCCCCCCCCCCCCC)OC(=O)CCCCCCCCCCCCCCCCCCC. The van der Waals surface area contributed by atoms with Crippen molar-refractivity contribution in [3.63, 3.8) is 0 Å². The molecular weight excluding hydrogens is 829 g/mol. The lowest BCUT2D eigenvalue weighted by molar-refractivity contribution is -0.167. The summed E-state index contributed by atoms with van der Waals surface area (Å²) >= 11 is 0. The van der Waals surface area contributed by atoms with Crippen LogP contribution in [0, 0.1) is 0 Å². The van der Waals surface area contributed by atoms with Crippen LogP contribution in [0.3, 0.4) is 0 Å². The second-order valence-electron chi connectivity index (χ2n) is 20.6. The molecule has 0 fully saturated rings. The van der Waals surface area contributed by atoms with E-state index in [1.54, 1.807) is 0 Å². The predicted octanol–water partition coefficient (Wildman–Crippen LogP) is 20.1. The molecule has 0 heterocycles. The molecule has 0 aliphatic carbocycles. The minimum absolute atomic E-state index is 0.0649. The van der Waals surface area contributed by atoms with Gasteiger partial charge in [0.2, 0.25) is 0 Å². The first-order chi connectivity index (χ1) is 33.0. The van der Waals surface area contributed by atoms with Crippen LogP contribution < -0.4 is 0 Å². The largest absolute Gasteiger partial charge is 0.462 e. The van der Waals surface area contributed by atoms with E-state index in [2.05, 4.69) is 32.9 Å². The Bertz CT molecular complexity index is 1040. The lowest BCUT2D eigenvalue weighted by Crippen LogP contribution is -2.30. The van der Waals surface area contributed by atoms with Crippen LogP contribution in [0.2, 0.25) is 0 Å². The normalized spacial score (nSPS) is 12.0. The number of unbranched alkanes of at least 4 members (excludes halogenated alkanes) is 43. The van der Waals surface area contributed by atoms with E-state index < -0.39 is 6.10 Å². The molecule has 0 bridgehead atoms. The zero-order valence-corrected chi connectivity index (χ0v) is 45.5. The van der Waals surface area contributed by atoms with Gasteiger partial charge >= 0.3 is 17.9 Å². The molecule has 6 nitrogen and oxygen atoms in total. The van der Waals surface area contributed by atoms with Crippen LogP contribution in [0.5, 0.6) is 0 Å². The van der Waals surface area contributed by atoms with E-state index in [1.807, 2.05) is 0 Å². The van der Waals surface area contributed by atoms with Crippen LogP contribution >= 0.6 is 0 Å². The van der Waals surface area contributed by atoms with Crippen molar-refractivity contribution in [3.8, 4) is 0 Å². The molecule has 0 aromatic carbocycles. The lowest BCUT2D eigenvalue weighted by atomic mass is 10.0. The molecule has 396 valence electrons. The molecule has 0 amide bonds. The number of carbonyl (C=O) groups is 3. The van der Waals surface area contributed by atoms with Crippen molar-refractivity contribution in [1.82, 2.24) is 0 Å². The third kappa shape index (κ3) is 55.0. The molecule has 0 saturated carbocycles. The highest BCUT2D eigenvalue weighted by molar-refractivity contribution is 5.71. The third-order valence-corrected chi connectivity index (χ3v) is 13.8. The van der Waals surface area contributed by atoms with Crippen molar-refractivity contribution in [2.45, 2.75) is 348 Å². The standard InChI is InChI=1S/C61H116O6/c1-4-7-10-13-16-19-22-25-28-30-33-36-39-42-45-48-51-54-60(63)66-57-58(56-65-59(62)53-50-47-44-41-38-35-32-27-24-21-18-15-12-9-6-3)67-61(64)55-52-49-46-43-40-37-34-31-29-26-23-20-17-14-11-8-5-2/h25,28,58H,4-24,26-27,29-57H2,1-3H3/t58-/m1/s1. The van der Waals surface area contributed by atoms with Gasteiger partial charge in [-0.15, -0.1) is 0 Å². The molecule has 67 heavy (non-hydrogen) atoms. The quantitative estimate of drug-likeness (QED) is 0.0262. The Morgan fingerprint density at radius 2 is 0.493 bits per heavy atom. The summed E-state index contributed by atoms with van der Waals surface area (Å²) in [5.41, 5.74) is 0. The zero-order chi connectivity index (χ0) is 48.6. The zero-order valence-electron chi connectivity index (χ0n) is 45.5. The minimum Gasteiger partial charge on any atom is -0.462 e. The van der Waals surface area contributed by atoms with Gasteiger partial charge in [0.05, 0.1) is 0 Å². The Morgan fingerprint density at radius 1 is 0.284 bits per heavy atom. The maximum Gasteiger partial charge on any atom is 0.306 e. The van der Waals surface area contributed by atoms with Crippen LogP contribution in [0.15, 0.2) is 12.2 Å². The maximum atomic E-state index is 12.9. The fourth-order valence-electron chi connectivity index (χ4n) is 9.21. The van der Waals surface area contributed by atoms with Gasteiger partial charge in [0, 0.05) is 19.3 Å². The molecule has 1 atom stereocenters. The van der Waals surface area contributed by atoms with Gasteiger partial charge in [-0.25, -0.2) is 0 Å². The van der Waals surface area contributed by atoms with Crippen molar-refractivity contribution in [2.24, 2.45) is 0 Å². The first-order valence-corrected chi connectivity index (χ1v) is 30.2. The minimum atomic E-state index is -0.766. The Hall–Kier alpha value is -1.85. The summed E-state index contributed by atoms with van der Waals surface area (Å²) in [6.07, 6.45) is 64.9. The van der Waals surface area contributed by atoms with Gasteiger partial charge in [0.15, 0.2) is 6.10 Å². The highest BCUT2D eigenvalue weighted by Gasteiger charge is 2.19. The van der Waals surface area contributed by atoms with Crippen molar-refractivity contribution in [1.29, 1.82) is 0 Å². The first-order valence-electron chi connectivity index (χ1n) is 30.2.